The summed E-state index contributed by atoms with van der Waals surface area (Å²) in [5, 5.41) is 226. The number of carbonyl (C=O) groups excluding carboxylic acids is 4. The van der Waals surface area contributed by atoms with Crippen LogP contribution in [0.1, 0.15) is 26.2 Å². The number of thiol groups is 2. The van der Waals surface area contributed by atoms with E-state index in [4.69, 9.17) is 75.8 Å². The lowest BCUT2D eigenvalue weighted by Crippen LogP contribution is -2.69. The van der Waals surface area contributed by atoms with Gasteiger partial charge in [0.05, 0.1) is 90.2 Å². The minimum Gasteiger partial charge on any atom is -0.394 e. The van der Waals surface area contributed by atoms with Gasteiger partial charge in [-0.05, 0) is 14.0 Å². The third-order valence-corrected chi connectivity index (χ3v) is 21.3. The average molecular weight is 1650 g/mol. The van der Waals surface area contributed by atoms with Gasteiger partial charge < -0.3 is 189 Å². The molecule has 42 nitrogen and oxygen atoms in total. The average Bonchev–Trinajstić information content (AvgIpc) is 0.769. The van der Waals surface area contributed by atoms with Crippen LogP contribution in [0.3, 0.4) is 0 Å². The molecule has 0 aromatic rings. The first-order chi connectivity index (χ1) is 51.5. The molecule has 12 unspecified atom stereocenters. The molecule has 17 saturated heterocycles. The van der Waals surface area contributed by atoms with Crippen molar-refractivity contribution in [3.8, 4) is 0 Å². The van der Waals surface area contributed by atoms with E-state index >= 15 is 0 Å². The minimum atomic E-state index is -3.12. The molecule has 0 aromatic heterocycles. The first kappa shape index (κ1) is 93.4. The zero-order valence-electron chi connectivity index (χ0n) is 59.0. The number of thioether (sulfide) groups is 2. The Kier molecular flexibility index (Phi) is 39.5. The molecule has 0 aliphatic carbocycles. The highest BCUT2D eigenvalue weighted by molar-refractivity contribution is 7.99. The van der Waals surface area contributed by atoms with Gasteiger partial charge in [-0.1, -0.05) is 0 Å². The van der Waals surface area contributed by atoms with Crippen LogP contribution < -0.4 is 16.0 Å². The van der Waals surface area contributed by atoms with E-state index in [-0.39, 0.29) is 93.3 Å². The van der Waals surface area contributed by atoms with E-state index in [1.54, 1.807) is 0 Å². The number of hydrogen-bond donors (Lipinski definition) is 24. The highest BCUT2D eigenvalue weighted by Crippen LogP contribution is 2.39. The van der Waals surface area contributed by atoms with Crippen LogP contribution in [0.4, 0.5) is 0 Å². The summed E-state index contributed by atoms with van der Waals surface area (Å²) in [5.74, 6) is -5.95. The fourth-order valence-corrected chi connectivity index (χ4v) is 15.0. The van der Waals surface area contributed by atoms with Crippen LogP contribution in [-0.2, 0) is 95.0 Å². The van der Waals surface area contributed by atoms with Crippen LogP contribution in [0.15, 0.2) is 0 Å². The summed E-state index contributed by atoms with van der Waals surface area (Å²) in [5.41, 5.74) is 0. The number of ether oxygens (including phenoxy) is 16. The summed E-state index contributed by atoms with van der Waals surface area (Å²) in [6, 6.07) is -0.866. The lowest BCUT2D eigenvalue weighted by atomic mass is 9.95. The maximum atomic E-state index is 13.6. The molecule has 17 rings (SSSR count). The fraction of sp³-hybridized carbons (Fsp3) is 0.935. The SMILES string of the molecule is CN[C@H](CSCC1O[C@H]2O[C@H]3C(CO)O[C@H](O[C@]4(O)CO[C@H](O[C@@H]5C(CO)O[C@H](O[C@@H]6C(CSC[C@@H](CC(=O)CCOCCOCCC(C)=O)C(=O)NCCS)O[C@H](OC[C@H](O)C(O)[C@@H](OCCO)O[C@H]7C(CO)O[C@@H](O[C@@H]1[C@H](O)C2O)C(O)[C@H]7O)C(O)[C@H]6O)C(O)[C@H]5O)C(O)[C@H]4O)C(O)[C@H]3O)C(=O)NCCS. The molecule has 2 amide bonds. The number of carbonyl (C=O) groups is 4. The first-order valence-electron chi connectivity index (χ1n) is 35.0. The van der Waals surface area contributed by atoms with Gasteiger partial charge in [0.1, 0.15) is 152 Å². The van der Waals surface area contributed by atoms with Crippen molar-refractivity contribution < 1.29 is 192 Å². The highest BCUT2D eigenvalue weighted by Gasteiger charge is 2.60. The van der Waals surface area contributed by atoms with Gasteiger partial charge in [-0.3, -0.25) is 19.2 Å². The smallest absolute Gasteiger partial charge is 0.238 e. The van der Waals surface area contributed by atoms with Gasteiger partial charge in [0.2, 0.25) is 17.6 Å². The monoisotopic (exact) mass is 1650 g/mol. The molecule has 628 valence electrons. The van der Waals surface area contributed by atoms with Crippen molar-refractivity contribution in [3.63, 3.8) is 0 Å². The highest BCUT2D eigenvalue weighted by atomic mass is 32.2. The van der Waals surface area contributed by atoms with Crippen LogP contribution in [0, 0.1) is 5.92 Å². The molecule has 0 aromatic carbocycles. The summed E-state index contributed by atoms with van der Waals surface area (Å²) in [7, 11) is 1.49. The molecule has 12 bridgehead atoms. The number of fused-ring (bicyclic) bond motifs is 1. The van der Waals surface area contributed by atoms with Gasteiger partial charge >= 0.3 is 0 Å². The second kappa shape index (κ2) is 45.7. The largest absolute Gasteiger partial charge is 0.394 e. The van der Waals surface area contributed by atoms with Crippen LogP contribution >= 0.6 is 48.8 Å². The van der Waals surface area contributed by atoms with E-state index in [1.165, 1.54) is 14.0 Å². The quantitative estimate of drug-likeness (QED) is 0.0220. The van der Waals surface area contributed by atoms with E-state index in [1.807, 2.05) is 0 Å². The Hall–Kier alpha value is -1.76. The molecular formula is C62H107N3O39S4. The van der Waals surface area contributed by atoms with Crippen molar-refractivity contribution >= 4 is 72.2 Å². The third kappa shape index (κ3) is 24.9. The van der Waals surface area contributed by atoms with Crippen LogP contribution in [0.25, 0.3) is 0 Å². The normalized spacial score (nSPS) is 41.5. The van der Waals surface area contributed by atoms with E-state index in [9.17, 15) is 116 Å². The van der Waals surface area contributed by atoms with Crippen molar-refractivity contribution in [3.05, 3.63) is 0 Å². The van der Waals surface area contributed by atoms with Crippen molar-refractivity contribution in [1.29, 1.82) is 0 Å². The van der Waals surface area contributed by atoms with Crippen LogP contribution in [-0.4, -0.2) is 450 Å². The molecule has 17 aliphatic heterocycles. The number of nitrogens with one attached hydrogen (secondary N) is 3. The second-order valence-corrected chi connectivity index (χ2v) is 29.5. The van der Waals surface area contributed by atoms with Crippen molar-refractivity contribution in [2.75, 3.05) is 127 Å². The van der Waals surface area contributed by atoms with Gasteiger partial charge in [0.25, 0.3) is 0 Å². The summed E-state index contributed by atoms with van der Waals surface area (Å²) < 4.78 is 92.8. The van der Waals surface area contributed by atoms with Gasteiger partial charge in [-0.2, -0.15) is 48.8 Å². The molecule has 0 saturated carbocycles. The number of aliphatic hydroxyl groups excluding tert-OH is 18. The number of rotatable bonds is 32. The lowest BCUT2D eigenvalue weighted by Gasteiger charge is -2.50. The Bertz CT molecular complexity index is 2670. The minimum absolute atomic E-state index is 0.0176. The van der Waals surface area contributed by atoms with Crippen molar-refractivity contribution in [1.82, 2.24) is 16.0 Å². The molecular weight excluding hydrogens is 1540 g/mol. The zero-order chi connectivity index (χ0) is 79.3. The Morgan fingerprint density at radius 2 is 0.917 bits per heavy atom. The van der Waals surface area contributed by atoms with E-state index < -0.39 is 272 Å². The van der Waals surface area contributed by atoms with E-state index in [2.05, 4.69) is 41.2 Å². The van der Waals surface area contributed by atoms with Crippen molar-refractivity contribution in [2.45, 2.75) is 229 Å². The summed E-state index contributed by atoms with van der Waals surface area (Å²) in [6.45, 7) is -4.90. The molecule has 17 aliphatic rings. The third-order valence-electron chi connectivity index (χ3n) is 18.5. The molecule has 46 heteroatoms. The van der Waals surface area contributed by atoms with Gasteiger partial charge in [0.15, 0.2) is 44.0 Å². The summed E-state index contributed by atoms with van der Waals surface area (Å²) in [6.07, 6.45) is -65.1. The maximum Gasteiger partial charge on any atom is 0.238 e. The molecule has 22 N–H and O–H groups in total. The van der Waals surface area contributed by atoms with Crippen molar-refractivity contribution in [2.24, 2.45) is 5.92 Å². The van der Waals surface area contributed by atoms with E-state index in [0.29, 0.717) is 5.75 Å². The second-order valence-electron chi connectivity index (χ2n) is 26.4. The zero-order valence-corrected chi connectivity index (χ0v) is 62.4. The molecule has 0 radical (unpaired) electrons. The van der Waals surface area contributed by atoms with E-state index in [0.717, 1.165) is 23.5 Å². The number of aliphatic hydroxyl groups is 19. The predicted octanol–water partition coefficient (Wildman–Crippen LogP) is -12.9. The maximum absolute atomic E-state index is 13.6. The fourth-order valence-electron chi connectivity index (χ4n) is 12.4. The summed E-state index contributed by atoms with van der Waals surface area (Å²) in [4.78, 5) is 51.2. The van der Waals surface area contributed by atoms with Gasteiger partial charge in [-0.15, -0.1) is 0 Å². The molecule has 0 spiro atoms. The Labute approximate surface area is 639 Å². The first-order valence-corrected chi connectivity index (χ1v) is 38.6. The molecule has 17 fully saturated rings. The van der Waals surface area contributed by atoms with Gasteiger partial charge in [0, 0.05) is 66.9 Å². The number of Topliss-reactive ketones (excluding diaryl/α,β-unsaturated/α-hetero) is 2. The van der Waals surface area contributed by atoms with Crippen LogP contribution in [0.5, 0.6) is 0 Å². The lowest BCUT2D eigenvalue weighted by molar-refractivity contribution is -0.432. The Balaban J connectivity index is 1.19. The Morgan fingerprint density at radius 3 is 1.41 bits per heavy atom. The number of likely N-dealkylation sites (N-methyl/N-ethyl adjacent to an activating group) is 1. The molecule has 108 heavy (non-hydrogen) atoms. The van der Waals surface area contributed by atoms with Crippen LogP contribution in [0.2, 0.25) is 0 Å². The number of hydrogen-bond acceptors (Lipinski definition) is 44. The topological polar surface area (TPSA) is 636 Å². The number of amides is 2. The number of ketones is 2. The summed E-state index contributed by atoms with van der Waals surface area (Å²) >= 11 is 10.2. The molecule has 34 atom stereocenters. The predicted molar refractivity (Wildman–Crippen MR) is 367 cm³/mol. The standard InChI is InChI=1S/C62H107N3O39S4/c1-25(70)3-8-89-11-12-90-9-4-27(71)15-26(53(86)64-5-13-105)20-107-22-33-50-36(74)41(79)56(97-33)92-19-29(72)35(73)55(91-10-7-66)99-47-30(16-67)94-59(42(80)37(47)75)103-51-34(23-108-21-28(63-2)54(87)65-6-14-106)98-60(44(82)39(51)77)101-49-32(18-69)96-61(45(83)40(49)78)104-62(88)24-93-57(46(84)52(62)85)100-48-31(17-68)95-58(102-50)43(81)38(48)76/h26,28-52,55-61,63,66-69,72-85,88,105-106H,3-24H2,1-2H3,(H,64,86)(H,65,87)/t26-,28-,29+,30?,31?,32?,33?,34?,35?,36-,37-,38-,39-,40-,41?,42?,43?,44?,45?,46?,47+,48-,49+,50-,51+,52-,55+,56+,57-,58-,59+,60+,61-,62-/m1/s1. The Morgan fingerprint density at radius 1 is 0.491 bits per heavy atom. The van der Waals surface area contributed by atoms with Gasteiger partial charge in [-0.25, -0.2) is 0 Å². The molecule has 17 heterocycles.